The van der Waals surface area contributed by atoms with Gasteiger partial charge in [0.15, 0.2) is 0 Å². The maximum absolute atomic E-state index is 13.8. The minimum Gasteiger partial charge on any atom is -0.341 e. The second kappa shape index (κ2) is 8.46. The van der Waals surface area contributed by atoms with Crippen LogP contribution in [0.15, 0.2) is 54.7 Å². The van der Waals surface area contributed by atoms with Crippen LogP contribution in [0.2, 0.25) is 0 Å². The molecule has 2 aliphatic rings. The van der Waals surface area contributed by atoms with Crippen molar-refractivity contribution in [1.82, 2.24) is 14.2 Å². The molecule has 0 saturated carbocycles. The zero-order valence-electron chi connectivity index (χ0n) is 18.1. The molecule has 4 nitrogen and oxygen atoms in total. The van der Waals surface area contributed by atoms with Gasteiger partial charge in [0.2, 0.25) is 5.91 Å². The summed E-state index contributed by atoms with van der Waals surface area (Å²) < 4.78 is 15.8. The summed E-state index contributed by atoms with van der Waals surface area (Å²) in [5.74, 6) is -0.135. The van der Waals surface area contributed by atoms with E-state index in [0.29, 0.717) is 0 Å². The van der Waals surface area contributed by atoms with E-state index in [2.05, 4.69) is 39.8 Å². The Kier molecular flexibility index (Phi) is 5.53. The van der Waals surface area contributed by atoms with E-state index in [4.69, 9.17) is 0 Å². The highest BCUT2D eigenvalue weighted by Crippen LogP contribution is 2.31. The van der Waals surface area contributed by atoms with Crippen LogP contribution in [0.25, 0.3) is 5.52 Å². The fraction of sp³-hybridized carbons (Fsp3) is 0.423. The van der Waals surface area contributed by atoms with Crippen molar-refractivity contribution in [3.8, 4) is 0 Å². The monoisotopic (exact) mass is 419 g/mol. The molecule has 0 spiro atoms. The third-order valence-electron chi connectivity index (χ3n) is 7.12. The largest absolute Gasteiger partial charge is 0.341 e. The highest BCUT2D eigenvalue weighted by atomic mass is 19.1. The fourth-order valence-corrected chi connectivity index (χ4v) is 5.36. The zero-order valence-corrected chi connectivity index (χ0v) is 18.1. The first-order valence-electron chi connectivity index (χ1n) is 11.5. The SMILES string of the molecule is CN(C(=O)C(c1ccc(F)cc1)N1CCCCC1)[C@@H]1CCc2cc3ccccn3c2C1. The van der Waals surface area contributed by atoms with Crippen LogP contribution in [-0.4, -0.2) is 46.3 Å². The number of fused-ring (bicyclic) bond motifs is 3. The van der Waals surface area contributed by atoms with Crippen LogP contribution >= 0.6 is 0 Å². The number of pyridine rings is 1. The van der Waals surface area contributed by atoms with Crippen LogP contribution in [0, 0.1) is 5.82 Å². The van der Waals surface area contributed by atoms with Gasteiger partial charge in [-0.3, -0.25) is 9.69 Å². The normalized spacial score (nSPS) is 20.4. The Balaban J connectivity index is 1.41. The summed E-state index contributed by atoms with van der Waals surface area (Å²) in [6, 6.07) is 14.9. The van der Waals surface area contributed by atoms with Crippen molar-refractivity contribution in [1.29, 1.82) is 0 Å². The first-order valence-corrected chi connectivity index (χ1v) is 11.5. The Morgan fingerprint density at radius 1 is 1.10 bits per heavy atom. The van der Waals surface area contributed by atoms with Crippen molar-refractivity contribution in [2.75, 3.05) is 20.1 Å². The molecule has 3 heterocycles. The number of carbonyl (C=O) groups is 1. The second-order valence-corrected chi connectivity index (χ2v) is 9.01. The molecule has 3 aromatic rings. The van der Waals surface area contributed by atoms with Gasteiger partial charge in [-0.05, 0) is 80.2 Å². The number of rotatable bonds is 4. The van der Waals surface area contributed by atoms with Gasteiger partial charge in [-0.1, -0.05) is 24.6 Å². The van der Waals surface area contributed by atoms with Crippen LogP contribution in [0.3, 0.4) is 0 Å². The maximum atomic E-state index is 13.8. The molecule has 5 heteroatoms. The number of likely N-dealkylation sites (tertiary alicyclic amines) is 1. The minimum atomic E-state index is -0.337. The summed E-state index contributed by atoms with van der Waals surface area (Å²) in [5.41, 5.74) is 4.83. The van der Waals surface area contributed by atoms with Crippen molar-refractivity contribution in [3.05, 3.63) is 77.4 Å². The van der Waals surface area contributed by atoms with Gasteiger partial charge >= 0.3 is 0 Å². The van der Waals surface area contributed by atoms with Crippen LogP contribution in [0.1, 0.15) is 48.5 Å². The molecule has 1 unspecified atom stereocenters. The fourth-order valence-electron chi connectivity index (χ4n) is 5.36. The first-order chi connectivity index (χ1) is 15.1. The molecular formula is C26H30FN3O. The Labute approximate surface area is 183 Å². The Morgan fingerprint density at radius 3 is 2.65 bits per heavy atom. The number of halogens is 1. The standard InChI is InChI=1S/C26H30FN3O/c1-28(22-13-10-20-17-23-7-3-6-16-30(23)24(20)18-22)26(31)25(29-14-4-2-5-15-29)19-8-11-21(27)12-9-19/h3,6-9,11-12,16-17,22,25H,2,4-5,10,13-15,18H2,1H3/t22-,25?/m1/s1. The Hall–Kier alpha value is -2.66. The molecule has 31 heavy (non-hydrogen) atoms. The highest BCUT2D eigenvalue weighted by Gasteiger charge is 2.35. The third-order valence-corrected chi connectivity index (χ3v) is 7.12. The average molecular weight is 420 g/mol. The molecule has 1 amide bonds. The maximum Gasteiger partial charge on any atom is 0.244 e. The summed E-state index contributed by atoms with van der Waals surface area (Å²) in [6.07, 6.45) is 8.38. The molecule has 1 fully saturated rings. The van der Waals surface area contributed by atoms with E-state index in [9.17, 15) is 9.18 Å². The average Bonchev–Trinajstić information content (AvgIpc) is 3.18. The predicted molar refractivity (Wildman–Crippen MR) is 121 cm³/mol. The highest BCUT2D eigenvalue weighted by molar-refractivity contribution is 5.83. The smallest absolute Gasteiger partial charge is 0.244 e. The molecule has 0 N–H and O–H groups in total. The van der Waals surface area contributed by atoms with Crippen molar-refractivity contribution in [2.45, 2.75) is 50.6 Å². The predicted octanol–water partition coefficient (Wildman–Crippen LogP) is 4.62. The molecule has 5 rings (SSSR count). The number of aromatic nitrogens is 1. The number of aryl methyl sites for hydroxylation is 1. The molecule has 2 atom stereocenters. The van der Waals surface area contributed by atoms with E-state index >= 15 is 0 Å². The number of nitrogens with zero attached hydrogens (tertiary/aromatic N) is 3. The van der Waals surface area contributed by atoms with Gasteiger partial charge in [0, 0.05) is 36.9 Å². The van der Waals surface area contributed by atoms with E-state index in [0.717, 1.165) is 50.8 Å². The van der Waals surface area contributed by atoms with Gasteiger partial charge in [0.05, 0.1) is 0 Å². The minimum absolute atomic E-state index is 0.128. The Morgan fingerprint density at radius 2 is 1.87 bits per heavy atom. The molecule has 1 aromatic carbocycles. The van der Waals surface area contributed by atoms with E-state index < -0.39 is 0 Å². The second-order valence-electron chi connectivity index (χ2n) is 9.01. The number of carbonyl (C=O) groups excluding carboxylic acids is 1. The number of piperidine rings is 1. The number of hydrogen-bond donors (Lipinski definition) is 0. The summed E-state index contributed by atoms with van der Waals surface area (Å²) in [5, 5.41) is 0. The van der Waals surface area contributed by atoms with Crippen molar-refractivity contribution < 1.29 is 9.18 Å². The van der Waals surface area contributed by atoms with Gasteiger partial charge in [0.1, 0.15) is 11.9 Å². The summed E-state index contributed by atoms with van der Waals surface area (Å²) in [6.45, 7) is 1.83. The lowest BCUT2D eigenvalue weighted by molar-refractivity contribution is -0.138. The molecule has 1 saturated heterocycles. The van der Waals surface area contributed by atoms with E-state index in [1.807, 2.05) is 11.9 Å². The topological polar surface area (TPSA) is 28.0 Å². The lowest BCUT2D eigenvalue weighted by Gasteiger charge is -2.39. The molecule has 0 bridgehead atoms. The van der Waals surface area contributed by atoms with Crippen LogP contribution < -0.4 is 0 Å². The van der Waals surface area contributed by atoms with Gasteiger partial charge in [-0.25, -0.2) is 4.39 Å². The number of benzene rings is 1. The third kappa shape index (κ3) is 3.87. The van der Waals surface area contributed by atoms with Gasteiger partial charge < -0.3 is 9.30 Å². The van der Waals surface area contributed by atoms with Gasteiger partial charge in [0.25, 0.3) is 0 Å². The molecule has 0 radical (unpaired) electrons. The molecular weight excluding hydrogens is 389 g/mol. The lowest BCUT2D eigenvalue weighted by atomic mass is 9.91. The molecule has 1 aliphatic carbocycles. The van der Waals surface area contributed by atoms with Gasteiger partial charge in [-0.2, -0.15) is 0 Å². The number of amides is 1. The summed E-state index contributed by atoms with van der Waals surface area (Å²) in [7, 11) is 1.95. The summed E-state index contributed by atoms with van der Waals surface area (Å²) in [4.78, 5) is 18.1. The van der Waals surface area contributed by atoms with Crippen molar-refractivity contribution >= 4 is 11.4 Å². The van der Waals surface area contributed by atoms with E-state index in [1.165, 1.54) is 35.3 Å². The quantitative estimate of drug-likeness (QED) is 0.617. The van der Waals surface area contributed by atoms with Crippen LogP contribution in [0.5, 0.6) is 0 Å². The molecule has 162 valence electrons. The van der Waals surface area contributed by atoms with Crippen molar-refractivity contribution in [3.63, 3.8) is 0 Å². The van der Waals surface area contributed by atoms with Crippen LogP contribution in [0.4, 0.5) is 4.39 Å². The number of hydrogen-bond acceptors (Lipinski definition) is 2. The van der Waals surface area contributed by atoms with Gasteiger partial charge in [-0.15, -0.1) is 0 Å². The van der Waals surface area contributed by atoms with Crippen molar-refractivity contribution in [2.24, 2.45) is 0 Å². The van der Waals surface area contributed by atoms with E-state index in [1.54, 1.807) is 12.1 Å². The molecule has 1 aliphatic heterocycles. The summed E-state index contributed by atoms with van der Waals surface area (Å²) >= 11 is 0. The molecule has 2 aromatic heterocycles. The lowest BCUT2D eigenvalue weighted by Crippen LogP contribution is -2.48. The van der Waals surface area contributed by atoms with E-state index in [-0.39, 0.29) is 23.8 Å². The number of likely N-dealkylation sites (N-methyl/N-ethyl adjacent to an activating group) is 1. The first kappa shape index (κ1) is 20.3. The Bertz CT molecular complexity index is 1070. The van der Waals surface area contributed by atoms with Crippen LogP contribution in [-0.2, 0) is 17.6 Å². The zero-order chi connectivity index (χ0) is 21.4.